The largest absolute Gasteiger partial charge is 0.344 e. The van der Waals surface area contributed by atoms with Gasteiger partial charge >= 0.3 is 0 Å². The zero-order valence-corrected chi connectivity index (χ0v) is 7.87. The van der Waals surface area contributed by atoms with E-state index >= 15 is 0 Å². The highest BCUT2D eigenvalue weighted by atomic mass is 35.5. The number of rotatable bonds is 2. The summed E-state index contributed by atoms with van der Waals surface area (Å²) in [5, 5.41) is 0.621. The van der Waals surface area contributed by atoms with Crippen LogP contribution in [0.15, 0.2) is 0 Å². The van der Waals surface area contributed by atoms with Crippen LogP contribution in [0.5, 0.6) is 0 Å². The molecule has 0 saturated carbocycles. The minimum absolute atomic E-state index is 0.424. The van der Waals surface area contributed by atoms with Crippen LogP contribution in [0.4, 0.5) is 0 Å². The summed E-state index contributed by atoms with van der Waals surface area (Å²) in [4.78, 5) is 7.38. The quantitative estimate of drug-likeness (QED) is 0.730. The van der Waals surface area contributed by atoms with E-state index in [4.69, 9.17) is 11.6 Å². The molecule has 1 aromatic heterocycles. The van der Waals surface area contributed by atoms with Crippen molar-refractivity contribution in [3.8, 4) is 0 Å². The van der Waals surface area contributed by atoms with E-state index in [0.717, 1.165) is 17.9 Å². The van der Waals surface area contributed by atoms with Gasteiger partial charge in [0.25, 0.3) is 0 Å². The maximum atomic E-state index is 5.85. The monoisotopic (exact) mass is 172 g/mol. The summed E-state index contributed by atoms with van der Waals surface area (Å²) < 4.78 is 0. The van der Waals surface area contributed by atoms with Gasteiger partial charge in [-0.25, -0.2) is 4.98 Å². The predicted octanol–water partition coefficient (Wildman–Crippen LogP) is 2.75. The summed E-state index contributed by atoms with van der Waals surface area (Å²) in [5.41, 5.74) is 1.04. The molecule has 1 N–H and O–H groups in total. The van der Waals surface area contributed by atoms with E-state index in [0.29, 0.717) is 11.1 Å². The number of aryl methyl sites for hydroxylation is 1. The fourth-order valence-electron chi connectivity index (χ4n) is 0.915. The van der Waals surface area contributed by atoms with Crippen molar-refractivity contribution in [1.29, 1.82) is 0 Å². The van der Waals surface area contributed by atoms with Crippen molar-refractivity contribution in [2.75, 3.05) is 0 Å². The van der Waals surface area contributed by atoms with Crippen LogP contribution >= 0.6 is 11.6 Å². The number of nitrogens with zero attached hydrogens (tertiary/aromatic N) is 1. The van der Waals surface area contributed by atoms with E-state index in [1.54, 1.807) is 0 Å². The number of H-pyrrole nitrogens is 1. The van der Waals surface area contributed by atoms with Crippen LogP contribution in [-0.4, -0.2) is 9.97 Å². The molecule has 0 aliphatic rings. The minimum atomic E-state index is 0.424. The highest BCUT2D eigenvalue weighted by Gasteiger charge is 2.08. The molecule has 0 unspecified atom stereocenters. The van der Waals surface area contributed by atoms with E-state index in [2.05, 4.69) is 30.7 Å². The van der Waals surface area contributed by atoms with E-state index in [1.165, 1.54) is 0 Å². The Bertz CT molecular complexity index is 240. The Morgan fingerprint density at radius 3 is 2.45 bits per heavy atom. The molecule has 0 atom stereocenters. The van der Waals surface area contributed by atoms with Crippen LogP contribution in [-0.2, 0) is 6.42 Å². The van der Waals surface area contributed by atoms with Crippen LogP contribution in [0.3, 0.4) is 0 Å². The van der Waals surface area contributed by atoms with Gasteiger partial charge in [0.2, 0.25) is 0 Å². The second-order valence-electron chi connectivity index (χ2n) is 2.90. The Labute approximate surface area is 72.0 Å². The van der Waals surface area contributed by atoms with E-state index in [1.807, 2.05) is 0 Å². The topological polar surface area (TPSA) is 28.7 Å². The molecule has 0 aliphatic carbocycles. The van der Waals surface area contributed by atoms with Crippen molar-refractivity contribution in [2.45, 2.75) is 33.1 Å². The standard InChI is InChI=1S/C8H13ClN2/c1-4-6-7(9)11-8(10-6)5(2)3/h5H,4H2,1-3H3,(H,10,11). The molecule has 0 fully saturated rings. The summed E-state index contributed by atoms with van der Waals surface area (Å²) in [6, 6.07) is 0. The highest BCUT2D eigenvalue weighted by Crippen LogP contribution is 2.17. The van der Waals surface area contributed by atoms with Gasteiger partial charge in [0.05, 0.1) is 5.69 Å². The number of aromatic amines is 1. The lowest BCUT2D eigenvalue weighted by atomic mass is 10.2. The molecule has 3 heteroatoms. The molecule has 1 aromatic rings. The van der Waals surface area contributed by atoms with Gasteiger partial charge in [-0.2, -0.15) is 0 Å². The van der Waals surface area contributed by atoms with Crippen molar-refractivity contribution in [1.82, 2.24) is 9.97 Å². The zero-order valence-electron chi connectivity index (χ0n) is 7.11. The molecule has 0 radical (unpaired) electrons. The minimum Gasteiger partial charge on any atom is -0.344 e. The highest BCUT2D eigenvalue weighted by molar-refractivity contribution is 6.30. The van der Waals surface area contributed by atoms with E-state index in [9.17, 15) is 0 Å². The molecule has 62 valence electrons. The molecule has 1 heterocycles. The maximum absolute atomic E-state index is 5.85. The van der Waals surface area contributed by atoms with Gasteiger partial charge < -0.3 is 4.98 Å². The first-order valence-electron chi connectivity index (χ1n) is 3.89. The lowest BCUT2D eigenvalue weighted by Gasteiger charge is -1.96. The van der Waals surface area contributed by atoms with Crippen LogP contribution in [0, 0.1) is 0 Å². The van der Waals surface area contributed by atoms with Gasteiger partial charge in [-0.3, -0.25) is 0 Å². The molecule has 11 heavy (non-hydrogen) atoms. The Kier molecular flexibility index (Phi) is 2.55. The van der Waals surface area contributed by atoms with Crippen molar-refractivity contribution in [3.63, 3.8) is 0 Å². The summed E-state index contributed by atoms with van der Waals surface area (Å²) in [6.07, 6.45) is 0.915. The first-order valence-corrected chi connectivity index (χ1v) is 4.27. The van der Waals surface area contributed by atoms with Gasteiger partial charge in [0.1, 0.15) is 11.0 Å². The normalized spacial score (nSPS) is 11.0. The average molecular weight is 173 g/mol. The summed E-state index contributed by atoms with van der Waals surface area (Å²) in [6.45, 7) is 6.24. The van der Waals surface area contributed by atoms with E-state index < -0.39 is 0 Å². The van der Waals surface area contributed by atoms with Crippen LogP contribution in [0.25, 0.3) is 0 Å². The summed E-state index contributed by atoms with van der Waals surface area (Å²) >= 11 is 5.85. The SMILES string of the molecule is CCc1[nH]c(C(C)C)nc1Cl. The van der Waals surface area contributed by atoms with Gasteiger partial charge in [-0.05, 0) is 6.42 Å². The Hall–Kier alpha value is -0.500. The zero-order chi connectivity index (χ0) is 8.43. The van der Waals surface area contributed by atoms with Gasteiger partial charge in [0, 0.05) is 5.92 Å². The molecular formula is C8H13ClN2. The van der Waals surface area contributed by atoms with Gasteiger partial charge in [-0.15, -0.1) is 0 Å². The lowest BCUT2D eigenvalue weighted by molar-refractivity contribution is 0.789. The third-order valence-corrected chi connectivity index (χ3v) is 1.96. The van der Waals surface area contributed by atoms with Gasteiger partial charge in [0.15, 0.2) is 0 Å². The second-order valence-corrected chi connectivity index (χ2v) is 3.26. The third kappa shape index (κ3) is 1.74. The number of halogens is 1. The van der Waals surface area contributed by atoms with Crippen molar-refractivity contribution < 1.29 is 0 Å². The number of aromatic nitrogens is 2. The lowest BCUT2D eigenvalue weighted by Crippen LogP contribution is -1.89. The third-order valence-electron chi connectivity index (χ3n) is 1.65. The number of hydrogen-bond acceptors (Lipinski definition) is 1. The Balaban J connectivity index is 2.95. The molecule has 0 aliphatic heterocycles. The molecule has 0 amide bonds. The van der Waals surface area contributed by atoms with Crippen LogP contribution < -0.4 is 0 Å². The van der Waals surface area contributed by atoms with Crippen molar-refractivity contribution in [2.24, 2.45) is 0 Å². The first kappa shape index (κ1) is 8.60. The summed E-state index contributed by atoms with van der Waals surface area (Å²) in [7, 11) is 0. The number of hydrogen-bond donors (Lipinski definition) is 1. The average Bonchev–Trinajstić information content (AvgIpc) is 2.31. The fraction of sp³-hybridized carbons (Fsp3) is 0.625. The fourth-order valence-corrected chi connectivity index (χ4v) is 1.19. The van der Waals surface area contributed by atoms with Gasteiger partial charge in [-0.1, -0.05) is 32.4 Å². The molecule has 0 aromatic carbocycles. The molecule has 0 spiro atoms. The van der Waals surface area contributed by atoms with Crippen LogP contribution in [0.1, 0.15) is 38.2 Å². The number of nitrogens with one attached hydrogen (secondary N) is 1. The first-order chi connectivity index (χ1) is 5.15. The van der Waals surface area contributed by atoms with Crippen LogP contribution in [0.2, 0.25) is 5.15 Å². The molecular weight excluding hydrogens is 160 g/mol. The molecule has 1 rings (SSSR count). The maximum Gasteiger partial charge on any atom is 0.150 e. The summed E-state index contributed by atoms with van der Waals surface area (Å²) in [5.74, 6) is 1.40. The Morgan fingerprint density at radius 1 is 1.55 bits per heavy atom. The molecule has 0 bridgehead atoms. The second kappa shape index (κ2) is 3.26. The van der Waals surface area contributed by atoms with Crippen molar-refractivity contribution in [3.05, 3.63) is 16.7 Å². The van der Waals surface area contributed by atoms with E-state index in [-0.39, 0.29) is 0 Å². The number of imidazole rings is 1. The smallest absolute Gasteiger partial charge is 0.150 e. The molecule has 0 saturated heterocycles. The molecule has 2 nitrogen and oxygen atoms in total. The predicted molar refractivity (Wildman–Crippen MR) is 47.1 cm³/mol. The van der Waals surface area contributed by atoms with Crippen molar-refractivity contribution >= 4 is 11.6 Å². The Morgan fingerprint density at radius 2 is 2.18 bits per heavy atom.